The van der Waals surface area contributed by atoms with Crippen molar-refractivity contribution in [1.29, 1.82) is 0 Å². The van der Waals surface area contributed by atoms with Crippen LogP contribution in [0.2, 0.25) is 0 Å². The monoisotopic (exact) mass is 244 g/mol. The van der Waals surface area contributed by atoms with Crippen molar-refractivity contribution in [1.82, 2.24) is 10.6 Å². The van der Waals surface area contributed by atoms with Gasteiger partial charge >= 0.3 is 6.09 Å². The summed E-state index contributed by atoms with van der Waals surface area (Å²) in [5.74, 6) is 0.00400. The number of carbonyl (C=O) groups excluding carboxylic acids is 2. The third-order valence-corrected chi connectivity index (χ3v) is 1.76. The molecule has 0 rings (SSSR count). The lowest BCUT2D eigenvalue weighted by atomic mass is 10.3. The Balaban J connectivity index is 3.53. The van der Waals surface area contributed by atoms with E-state index in [2.05, 4.69) is 20.4 Å². The number of nitrogens with two attached hydrogens (primary N) is 1. The maximum atomic E-state index is 10.9. The van der Waals surface area contributed by atoms with E-state index in [0.29, 0.717) is 13.1 Å². The molecule has 17 heavy (non-hydrogen) atoms. The topological polar surface area (TPSA) is 106 Å². The molecule has 0 aliphatic carbocycles. The van der Waals surface area contributed by atoms with E-state index in [4.69, 9.17) is 5.73 Å². The highest BCUT2D eigenvalue weighted by Gasteiger charge is 1.99. The van der Waals surface area contributed by atoms with Gasteiger partial charge in [0.15, 0.2) is 5.96 Å². The van der Waals surface area contributed by atoms with Crippen LogP contribution < -0.4 is 16.4 Å². The zero-order chi connectivity index (χ0) is 13.1. The van der Waals surface area contributed by atoms with E-state index in [0.717, 1.165) is 12.8 Å². The molecule has 0 aromatic rings. The number of nitrogens with zero attached hydrogens (tertiary/aromatic N) is 1. The number of rotatable bonds is 6. The van der Waals surface area contributed by atoms with Crippen molar-refractivity contribution in [2.45, 2.75) is 26.7 Å². The first-order valence-electron chi connectivity index (χ1n) is 5.55. The normalized spacial score (nSPS) is 10.8. The summed E-state index contributed by atoms with van der Waals surface area (Å²) in [5.41, 5.74) is 5.44. The third-order valence-electron chi connectivity index (χ3n) is 1.76. The van der Waals surface area contributed by atoms with E-state index in [1.54, 1.807) is 6.92 Å². The van der Waals surface area contributed by atoms with Crippen molar-refractivity contribution >= 4 is 18.0 Å². The zero-order valence-electron chi connectivity index (χ0n) is 10.3. The Labute approximate surface area is 101 Å². The maximum absolute atomic E-state index is 10.9. The first-order chi connectivity index (χ1) is 8.06. The summed E-state index contributed by atoms with van der Waals surface area (Å²) in [6.45, 7) is 4.66. The molecule has 0 bridgehead atoms. The smallest absolute Gasteiger partial charge is 0.436 e. The molecule has 0 aromatic carbocycles. The van der Waals surface area contributed by atoms with Crippen LogP contribution in [0.3, 0.4) is 0 Å². The van der Waals surface area contributed by atoms with Gasteiger partial charge in [-0.3, -0.25) is 4.79 Å². The first kappa shape index (κ1) is 15.2. The van der Waals surface area contributed by atoms with Crippen LogP contribution in [-0.2, 0) is 9.53 Å². The van der Waals surface area contributed by atoms with E-state index >= 15 is 0 Å². The minimum atomic E-state index is -0.698. The molecule has 0 atom stereocenters. The second-order valence-electron chi connectivity index (χ2n) is 3.31. The highest BCUT2D eigenvalue weighted by atomic mass is 16.5. The molecule has 98 valence electrons. The minimum Gasteiger partial charge on any atom is -0.448 e. The Bertz CT molecular complexity index is 279. The highest BCUT2D eigenvalue weighted by molar-refractivity contribution is 5.88. The van der Waals surface area contributed by atoms with Gasteiger partial charge in [0.2, 0.25) is 5.91 Å². The molecule has 0 unspecified atom stereocenters. The minimum absolute atomic E-state index is 0.0404. The number of hydrogen-bond acceptors (Lipinski definition) is 3. The summed E-state index contributed by atoms with van der Waals surface area (Å²) < 4.78 is 4.59. The standard InChI is InChI=1S/C10H20N4O3/c1-3-17-10(16)14-9(11)13-7-5-4-6-12-8(2)15/h3-7H2,1-2H3,(H,12,15)(H3,11,13,14,16). The van der Waals surface area contributed by atoms with Crippen molar-refractivity contribution in [2.75, 3.05) is 19.7 Å². The van der Waals surface area contributed by atoms with Gasteiger partial charge in [-0.2, -0.15) is 0 Å². The average Bonchev–Trinajstić information content (AvgIpc) is 2.23. The van der Waals surface area contributed by atoms with Crippen LogP contribution in [0.1, 0.15) is 26.7 Å². The number of aliphatic imine (C=N–C) groups is 1. The fourth-order valence-corrected chi connectivity index (χ4v) is 1.02. The summed E-state index contributed by atoms with van der Waals surface area (Å²) >= 11 is 0. The molecule has 4 N–H and O–H groups in total. The molecular weight excluding hydrogens is 224 g/mol. The Morgan fingerprint density at radius 3 is 2.35 bits per heavy atom. The van der Waals surface area contributed by atoms with Gasteiger partial charge in [0.05, 0.1) is 6.61 Å². The van der Waals surface area contributed by atoms with Crippen LogP contribution >= 0.6 is 0 Å². The summed E-state index contributed by atoms with van der Waals surface area (Å²) in [6.07, 6.45) is 0.953. The van der Waals surface area contributed by atoms with Gasteiger partial charge in [-0.25, -0.2) is 4.79 Å². The van der Waals surface area contributed by atoms with Crippen molar-refractivity contribution in [3.8, 4) is 0 Å². The fraction of sp³-hybridized carbons (Fsp3) is 0.700. The van der Waals surface area contributed by atoms with E-state index in [9.17, 15) is 9.59 Å². The molecule has 0 aromatic heterocycles. The first-order valence-corrected chi connectivity index (χ1v) is 5.55. The van der Waals surface area contributed by atoms with E-state index in [1.165, 1.54) is 6.92 Å². The SMILES string of the molecule is CCOC(=O)/N=C(\N)NCCCCNC(C)=O. The van der Waals surface area contributed by atoms with Crippen LogP contribution in [0.15, 0.2) is 4.99 Å². The summed E-state index contributed by atoms with van der Waals surface area (Å²) in [6, 6.07) is 0. The van der Waals surface area contributed by atoms with E-state index < -0.39 is 6.09 Å². The second-order valence-corrected chi connectivity index (χ2v) is 3.31. The van der Waals surface area contributed by atoms with Gasteiger partial charge in [-0.1, -0.05) is 0 Å². The van der Waals surface area contributed by atoms with Crippen LogP contribution in [0.4, 0.5) is 4.79 Å². The van der Waals surface area contributed by atoms with Crippen molar-refractivity contribution in [2.24, 2.45) is 10.7 Å². The molecule has 0 heterocycles. The Hall–Kier alpha value is -1.79. The van der Waals surface area contributed by atoms with Crippen LogP contribution in [0, 0.1) is 0 Å². The molecule has 0 spiro atoms. The lowest BCUT2D eigenvalue weighted by Crippen LogP contribution is -2.33. The number of amides is 2. The quantitative estimate of drug-likeness (QED) is 0.345. The predicted molar refractivity (Wildman–Crippen MR) is 64.6 cm³/mol. The van der Waals surface area contributed by atoms with Gasteiger partial charge in [0.1, 0.15) is 0 Å². The molecule has 7 heteroatoms. The van der Waals surface area contributed by atoms with Crippen molar-refractivity contribution < 1.29 is 14.3 Å². The molecule has 2 amide bonds. The second kappa shape index (κ2) is 9.44. The molecule has 0 radical (unpaired) electrons. The number of hydrogen-bond donors (Lipinski definition) is 3. The number of ether oxygens (including phenoxy) is 1. The maximum Gasteiger partial charge on any atom is 0.436 e. The van der Waals surface area contributed by atoms with E-state index in [1.807, 2.05) is 0 Å². The van der Waals surface area contributed by atoms with Gasteiger partial charge in [0.25, 0.3) is 0 Å². The molecular formula is C10H20N4O3. The molecule has 7 nitrogen and oxygen atoms in total. The lowest BCUT2D eigenvalue weighted by Gasteiger charge is -2.05. The van der Waals surface area contributed by atoms with Crippen molar-refractivity contribution in [3.63, 3.8) is 0 Å². The molecule has 0 aliphatic heterocycles. The van der Waals surface area contributed by atoms with Crippen LogP contribution in [0.25, 0.3) is 0 Å². The lowest BCUT2D eigenvalue weighted by molar-refractivity contribution is -0.118. The fourth-order valence-electron chi connectivity index (χ4n) is 1.02. The highest BCUT2D eigenvalue weighted by Crippen LogP contribution is 1.85. The van der Waals surface area contributed by atoms with Gasteiger partial charge < -0.3 is 21.1 Å². The largest absolute Gasteiger partial charge is 0.448 e. The molecule has 0 fully saturated rings. The summed E-state index contributed by atoms with van der Waals surface area (Å²) in [5, 5.41) is 5.45. The predicted octanol–water partition coefficient (Wildman–Crippen LogP) is -0.0365. The zero-order valence-corrected chi connectivity index (χ0v) is 10.3. The average molecular weight is 244 g/mol. The Morgan fingerprint density at radius 1 is 1.24 bits per heavy atom. The summed E-state index contributed by atoms with van der Waals surface area (Å²) in [4.78, 5) is 24.9. The third kappa shape index (κ3) is 10.5. The van der Waals surface area contributed by atoms with Gasteiger partial charge in [-0.05, 0) is 19.8 Å². The molecule has 0 saturated carbocycles. The Kier molecular flexibility index (Phi) is 8.44. The molecule has 0 saturated heterocycles. The van der Waals surface area contributed by atoms with Gasteiger partial charge in [0, 0.05) is 20.0 Å². The number of nitrogens with one attached hydrogen (secondary N) is 2. The van der Waals surface area contributed by atoms with E-state index in [-0.39, 0.29) is 18.5 Å². The van der Waals surface area contributed by atoms with Gasteiger partial charge in [-0.15, -0.1) is 4.99 Å². The summed E-state index contributed by atoms with van der Waals surface area (Å²) in [7, 11) is 0. The number of carbonyl (C=O) groups is 2. The Morgan fingerprint density at radius 2 is 1.82 bits per heavy atom. The number of unbranched alkanes of at least 4 members (excludes halogenated alkanes) is 1. The number of guanidine groups is 1. The van der Waals surface area contributed by atoms with Crippen LogP contribution in [-0.4, -0.2) is 37.7 Å². The van der Waals surface area contributed by atoms with Crippen molar-refractivity contribution in [3.05, 3.63) is 0 Å². The van der Waals surface area contributed by atoms with Crippen LogP contribution in [0.5, 0.6) is 0 Å². The molecule has 0 aliphatic rings.